The molecule has 0 aromatic heterocycles. The Labute approximate surface area is 195 Å². The maximum absolute atomic E-state index is 10.1. The highest BCUT2D eigenvalue weighted by molar-refractivity contribution is 5.40. The van der Waals surface area contributed by atoms with Crippen molar-refractivity contribution in [3.05, 3.63) is 47.1 Å². The van der Waals surface area contributed by atoms with E-state index in [1.165, 1.54) is 24.0 Å². The van der Waals surface area contributed by atoms with Crippen molar-refractivity contribution < 1.29 is 14.9 Å². The van der Waals surface area contributed by atoms with E-state index < -0.39 is 12.2 Å². The maximum Gasteiger partial charge on any atom is 0.107 e. The second-order valence-electron chi connectivity index (χ2n) is 11.3. The van der Waals surface area contributed by atoms with E-state index >= 15 is 0 Å². The Morgan fingerprint density at radius 1 is 1.31 bits per heavy atom. The van der Waals surface area contributed by atoms with Crippen LogP contribution in [0, 0.1) is 34.5 Å². The highest BCUT2D eigenvalue weighted by Crippen LogP contribution is 2.56. The van der Waals surface area contributed by atoms with E-state index in [0.717, 1.165) is 24.0 Å². The molecule has 0 saturated heterocycles. The number of rotatable bonds is 5. The van der Waals surface area contributed by atoms with Gasteiger partial charge in [0.2, 0.25) is 0 Å². The predicted octanol–water partition coefficient (Wildman–Crippen LogP) is 5.75. The van der Waals surface area contributed by atoms with Gasteiger partial charge in [-0.2, -0.15) is 0 Å². The topological polar surface area (TPSA) is 49.7 Å². The molecule has 0 aliphatic heterocycles. The number of ether oxygens (including phenoxy) is 1. The Balaban J connectivity index is 1.66. The minimum atomic E-state index is -0.631. The molecule has 2 fully saturated rings. The minimum absolute atomic E-state index is 0.0178. The summed E-state index contributed by atoms with van der Waals surface area (Å²) >= 11 is 0. The van der Waals surface area contributed by atoms with E-state index in [1.54, 1.807) is 0 Å². The molecular weight excluding hydrogens is 396 g/mol. The Hall–Kier alpha value is -1.60. The molecule has 0 heterocycles. The van der Waals surface area contributed by atoms with Crippen LogP contribution >= 0.6 is 0 Å². The smallest absolute Gasteiger partial charge is 0.107 e. The van der Waals surface area contributed by atoms with Crippen LogP contribution in [0.2, 0.25) is 0 Å². The summed E-state index contributed by atoms with van der Waals surface area (Å²) in [5.41, 5.74) is 4.98. The maximum atomic E-state index is 10.1. The molecule has 176 valence electrons. The molecule has 0 spiro atoms. The number of fused-ring (bicyclic) bond motifs is 1. The zero-order valence-electron chi connectivity index (χ0n) is 20.7. The zero-order chi connectivity index (χ0) is 23.5. The zero-order valence-corrected chi connectivity index (χ0v) is 20.7. The highest BCUT2D eigenvalue weighted by Gasteiger charge is 2.46. The lowest BCUT2D eigenvalue weighted by Gasteiger charge is -2.42. The van der Waals surface area contributed by atoms with Crippen LogP contribution in [0.5, 0.6) is 0 Å². The van der Waals surface area contributed by atoms with E-state index in [-0.39, 0.29) is 10.8 Å². The quantitative estimate of drug-likeness (QED) is 0.326. The highest BCUT2D eigenvalue weighted by atomic mass is 16.5. The van der Waals surface area contributed by atoms with Crippen molar-refractivity contribution in [1.29, 1.82) is 0 Å². The van der Waals surface area contributed by atoms with Crippen LogP contribution < -0.4 is 0 Å². The van der Waals surface area contributed by atoms with Crippen molar-refractivity contribution in [1.82, 2.24) is 0 Å². The molecule has 0 bridgehead atoms. The number of hydrogen-bond donors (Lipinski definition) is 2. The molecule has 0 unspecified atom stereocenters. The first-order chi connectivity index (χ1) is 15.0. The molecule has 3 nitrogen and oxygen atoms in total. The Kier molecular flexibility index (Phi) is 7.92. The number of aliphatic hydroxyl groups excluding tert-OH is 2. The summed E-state index contributed by atoms with van der Waals surface area (Å²) in [5.74, 6) is 7.30. The van der Waals surface area contributed by atoms with Gasteiger partial charge in [-0.25, -0.2) is 0 Å². The van der Waals surface area contributed by atoms with Crippen molar-refractivity contribution in [2.24, 2.45) is 22.7 Å². The van der Waals surface area contributed by atoms with Gasteiger partial charge in [0.25, 0.3) is 0 Å². The normalized spacial score (nSPS) is 34.2. The monoisotopic (exact) mass is 438 g/mol. The largest absolute Gasteiger partial charge is 0.393 e. The molecule has 2 saturated carbocycles. The number of allylic oxidation sites excluding steroid dienone is 4. The first kappa shape index (κ1) is 25.0. The van der Waals surface area contributed by atoms with Gasteiger partial charge in [0.05, 0.1) is 18.8 Å². The van der Waals surface area contributed by atoms with Crippen LogP contribution in [0.15, 0.2) is 47.1 Å². The molecule has 2 N–H and O–H groups in total. The molecule has 0 aromatic carbocycles. The summed E-state index contributed by atoms with van der Waals surface area (Å²) in [7, 11) is 0. The third-order valence-corrected chi connectivity index (χ3v) is 7.41. The first-order valence-corrected chi connectivity index (χ1v) is 12.2. The molecule has 5 atom stereocenters. The van der Waals surface area contributed by atoms with Crippen molar-refractivity contribution in [2.45, 2.75) is 85.4 Å². The molecule has 3 aliphatic rings. The van der Waals surface area contributed by atoms with Gasteiger partial charge in [0, 0.05) is 17.8 Å². The van der Waals surface area contributed by atoms with Crippen molar-refractivity contribution in [2.75, 3.05) is 13.2 Å². The molecule has 0 radical (unpaired) electrons. The molecule has 3 heteroatoms. The van der Waals surface area contributed by atoms with Gasteiger partial charge in [0.1, 0.15) is 6.61 Å². The van der Waals surface area contributed by atoms with Crippen LogP contribution in [-0.4, -0.2) is 35.6 Å². The third-order valence-electron chi connectivity index (χ3n) is 7.41. The van der Waals surface area contributed by atoms with Gasteiger partial charge in [-0.1, -0.05) is 61.6 Å². The van der Waals surface area contributed by atoms with E-state index in [4.69, 9.17) is 4.74 Å². The Morgan fingerprint density at radius 3 is 2.78 bits per heavy atom. The van der Waals surface area contributed by atoms with Crippen LogP contribution in [0.3, 0.4) is 0 Å². The van der Waals surface area contributed by atoms with Crippen molar-refractivity contribution >= 4 is 0 Å². The van der Waals surface area contributed by atoms with Crippen LogP contribution in [0.1, 0.15) is 73.1 Å². The lowest BCUT2D eigenvalue weighted by atomic mass is 9.62. The second-order valence-corrected chi connectivity index (χ2v) is 11.3. The van der Waals surface area contributed by atoms with Crippen LogP contribution in [0.25, 0.3) is 0 Å². The molecule has 3 rings (SSSR count). The Morgan fingerprint density at radius 2 is 2.06 bits per heavy atom. The van der Waals surface area contributed by atoms with E-state index in [9.17, 15) is 10.2 Å². The second kappa shape index (κ2) is 10.1. The number of aliphatic hydroxyl groups is 2. The lowest BCUT2D eigenvalue weighted by molar-refractivity contribution is 0.0862. The van der Waals surface area contributed by atoms with Crippen LogP contribution in [0.4, 0.5) is 0 Å². The summed E-state index contributed by atoms with van der Waals surface area (Å²) in [6.45, 7) is 16.3. The summed E-state index contributed by atoms with van der Waals surface area (Å²) in [6.07, 6.45) is 11.3. The van der Waals surface area contributed by atoms with Gasteiger partial charge < -0.3 is 14.9 Å². The fourth-order valence-corrected chi connectivity index (χ4v) is 5.76. The predicted molar refractivity (Wildman–Crippen MR) is 132 cm³/mol. The standard InChI is InChI=1S/C29H42O3/c1-20(19-32-16-8-14-28(3,4)5)25-12-13-26-22(9-7-15-29(25,26)6)10-11-23-17-24(30)18-27(31)21(23)2/h10-12,20,24,26-27,30-31H,2,7,9,13,15-19H2,1,3-6H3/t20-,24-,26+,27+,29-/m1/s1. The summed E-state index contributed by atoms with van der Waals surface area (Å²) in [6, 6.07) is 0. The molecule has 3 aliphatic carbocycles. The average Bonchev–Trinajstić information content (AvgIpc) is 3.06. The molecule has 32 heavy (non-hydrogen) atoms. The minimum Gasteiger partial charge on any atom is -0.393 e. The molecule has 0 amide bonds. The lowest BCUT2D eigenvalue weighted by Crippen LogP contribution is -2.33. The van der Waals surface area contributed by atoms with Gasteiger partial charge in [0.15, 0.2) is 0 Å². The fraction of sp³-hybridized carbons (Fsp3) is 0.655. The van der Waals surface area contributed by atoms with Crippen molar-refractivity contribution in [3.63, 3.8) is 0 Å². The third kappa shape index (κ3) is 5.84. The van der Waals surface area contributed by atoms with Gasteiger partial charge in [-0.15, -0.1) is 0 Å². The van der Waals surface area contributed by atoms with Gasteiger partial charge in [-0.3, -0.25) is 0 Å². The van der Waals surface area contributed by atoms with E-state index in [0.29, 0.717) is 37.9 Å². The van der Waals surface area contributed by atoms with E-state index in [2.05, 4.69) is 71.3 Å². The SMILES string of the molecule is C=C1C(=CC=C2CCC[C@]3(C)C([C@H](C)COCC#CC(C)(C)C)=CC[C@@H]23)C[C@@H](O)C[C@@H]1O. The Bertz CT molecular complexity index is 857. The summed E-state index contributed by atoms with van der Waals surface area (Å²) < 4.78 is 5.92. The summed E-state index contributed by atoms with van der Waals surface area (Å²) in [5, 5.41) is 20.2. The molecule has 0 aromatic rings. The first-order valence-electron chi connectivity index (χ1n) is 12.2. The number of hydrogen-bond acceptors (Lipinski definition) is 3. The van der Waals surface area contributed by atoms with E-state index in [1.807, 2.05) is 0 Å². The van der Waals surface area contributed by atoms with Crippen molar-refractivity contribution in [3.8, 4) is 11.8 Å². The van der Waals surface area contributed by atoms with Crippen LogP contribution in [-0.2, 0) is 4.74 Å². The van der Waals surface area contributed by atoms with Gasteiger partial charge in [-0.05, 0) is 75.4 Å². The summed E-state index contributed by atoms with van der Waals surface area (Å²) in [4.78, 5) is 0. The van der Waals surface area contributed by atoms with Gasteiger partial charge >= 0.3 is 0 Å². The molecular formula is C29H42O3. The fourth-order valence-electron chi connectivity index (χ4n) is 5.76. The average molecular weight is 439 g/mol.